The quantitative estimate of drug-likeness (QED) is 0.763. The molecule has 1 aromatic rings. The molecular formula is C9H14N4O. The van der Waals surface area contributed by atoms with Crippen molar-refractivity contribution >= 4 is 5.95 Å². The summed E-state index contributed by atoms with van der Waals surface area (Å²) in [6.45, 7) is 4.51. The van der Waals surface area contributed by atoms with E-state index in [4.69, 9.17) is 4.74 Å². The van der Waals surface area contributed by atoms with Crippen LogP contribution in [0.25, 0.3) is 0 Å². The minimum Gasteiger partial charge on any atom is -0.478 e. The van der Waals surface area contributed by atoms with E-state index < -0.39 is 0 Å². The second-order valence-corrected chi connectivity index (χ2v) is 3.04. The Morgan fingerprint density at radius 2 is 2.57 bits per heavy atom. The Morgan fingerprint density at radius 3 is 3.29 bits per heavy atom. The molecule has 14 heavy (non-hydrogen) atoms. The lowest BCUT2D eigenvalue weighted by molar-refractivity contribution is 0.326. The van der Waals surface area contributed by atoms with E-state index in [1.54, 1.807) is 12.3 Å². The van der Waals surface area contributed by atoms with Crippen molar-refractivity contribution in [1.82, 2.24) is 15.4 Å². The SMILES string of the molecule is CCOc1ccnc(N2CCCN2)n1. The second-order valence-electron chi connectivity index (χ2n) is 3.04. The normalized spacial score (nSPS) is 15.9. The van der Waals surface area contributed by atoms with Gasteiger partial charge in [0.05, 0.1) is 6.61 Å². The van der Waals surface area contributed by atoms with Crippen molar-refractivity contribution in [1.29, 1.82) is 0 Å². The van der Waals surface area contributed by atoms with E-state index in [1.165, 1.54) is 0 Å². The second kappa shape index (κ2) is 4.23. The van der Waals surface area contributed by atoms with Gasteiger partial charge in [-0.2, -0.15) is 4.98 Å². The van der Waals surface area contributed by atoms with E-state index in [-0.39, 0.29) is 0 Å². The van der Waals surface area contributed by atoms with E-state index in [0.29, 0.717) is 18.4 Å². The Morgan fingerprint density at radius 1 is 1.64 bits per heavy atom. The number of rotatable bonds is 3. The molecule has 5 heteroatoms. The fraction of sp³-hybridized carbons (Fsp3) is 0.556. The van der Waals surface area contributed by atoms with Gasteiger partial charge in [-0.25, -0.2) is 10.4 Å². The van der Waals surface area contributed by atoms with Gasteiger partial charge in [-0.05, 0) is 13.3 Å². The highest BCUT2D eigenvalue weighted by Crippen LogP contribution is 2.13. The number of hydrogen-bond acceptors (Lipinski definition) is 5. The Bertz CT molecular complexity index is 299. The predicted molar refractivity (Wildman–Crippen MR) is 53.2 cm³/mol. The smallest absolute Gasteiger partial charge is 0.243 e. The largest absolute Gasteiger partial charge is 0.478 e. The summed E-state index contributed by atoms with van der Waals surface area (Å²) in [6, 6.07) is 1.77. The molecule has 0 radical (unpaired) electrons. The molecule has 1 fully saturated rings. The highest BCUT2D eigenvalue weighted by atomic mass is 16.5. The molecule has 1 N–H and O–H groups in total. The maximum Gasteiger partial charge on any atom is 0.243 e. The molecule has 0 amide bonds. The van der Waals surface area contributed by atoms with Crippen molar-refractivity contribution in [3.8, 4) is 5.88 Å². The van der Waals surface area contributed by atoms with Gasteiger partial charge in [-0.1, -0.05) is 0 Å². The summed E-state index contributed by atoms with van der Waals surface area (Å²) >= 11 is 0. The highest BCUT2D eigenvalue weighted by molar-refractivity contribution is 5.31. The molecule has 76 valence electrons. The van der Waals surface area contributed by atoms with E-state index in [9.17, 15) is 0 Å². The van der Waals surface area contributed by atoms with Crippen molar-refractivity contribution in [2.45, 2.75) is 13.3 Å². The van der Waals surface area contributed by atoms with Crippen LogP contribution < -0.4 is 15.2 Å². The first-order chi connectivity index (χ1) is 6.90. The lowest BCUT2D eigenvalue weighted by atomic mass is 10.5. The van der Waals surface area contributed by atoms with Crippen LogP contribution in [0, 0.1) is 0 Å². The number of hydrazine groups is 1. The van der Waals surface area contributed by atoms with Gasteiger partial charge in [0.15, 0.2) is 0 Å². The van der Waals surface area contributed by atoms with Gasteiger partial charge >= 0.3 is 0 Å². The first kappa shape index (κ1) is 9.21. The first-order valence-electron chi connectivity index (χ1n) is 4.87. The third-order valence-corrected chi connectivity index (χ3v) is 2.01. The zero-order chi connectivity index (χ0) is 9.80. The van der Waals surface area contributed by atoms with E-state index in [1.807, 2.05) is 11.9 Å². The van der Waals surface area contributed by atoms with Gasteiger partial charge in [0.25, 0.3) is 0 Å². The number of aromatic nitrogens is 2. The Hall–Kier alpha value is -1.36. The number of hydrogen-bond donors (Lipinski definition) is 1. The lowest BCUT2D eigenvalue weighted by Gasteiger charge is -2.15. The summed E-state index contributed by atoms with van der Waals surface area (Å²) in [5, 5.41) is 1.95. The number of nitrogens with zero attached hydrogens (tertiary/aromatic N) is 3. The Balaban J connectivity index is 2.12. The van der Waals surface area contributed by atoms with Crippen LogP contribution in [0.1, 0.15) is 13.3 Å². The van der Waals surface area contributed by atoms with Gasteiger partial charge in [-0.15, -0.1) is 0 Å². The zero-order valence-electron chi connectivity index (χ0n) is 8.23. The Kier molecular flexibility index (Phi) is 2.78. The molecule has 1 aromatic heterocycles. The molecule has 0 spiro atoms. The molecule has 1 aliphatic heterocycles. The van der Waals surface area contributed by atoms with Crippen LogP contribution in [-0.4, -0.2) is 29.7 Å². The van der Waals surface area contributed by atoms with E-state index in [0.717, 1.165) is 19.5 Å². The van der Waals surface area contributed by atoms with Crippen LogP contribution in [0.3, 0.4) is 0 Å². The fourth-order valence-electron chi connectivity index (χ4n) is 1.39. The monoisotopic (exact) mass is 194 g/mol. The summed E-state index contributed by atoms with van der Waals surface area (Å²) in [5.74, 6) is 1.32. The van der Waals surface area contributed by atoms with Crippen molar-refractivity contribution in [3.05, 3.63) is 12.3 Å². The molecule has 0 bridgehead atoms. The number of nitrogens with one attached hydrogen (secondary N) is 1. The molecule has 1 aliphatic rings. The van der Waals surface area contributed by atoms with E-state index in [2.05, 4.69) is 15.4 Å². The molecule has 0 unspecified atom stereocenters. The van der Waals surface area contributed by atoms with Gasteiger partial charge in [0.2, 0.25) is 11.8 Å². The van der Waals surface area contributed by atoms with Crippen molar-refractivity contribution in [2.24, 2.45) is 0 Å². The summed E-state index contributed by atoms with van der Waals surface area (Å²) in [7, 11) is 0. The molecule has 1 saturated heterocycles. The van der Waals surface area contributed by atoms with Gasteiger partial charge in [0, 0.05) is 25.4 Å². The topological polar surface area (TPSA) is 50.3 Å². The summed E-state index contributed by atoms with van der Waals surface area (Å²) in [6.07, 6.45) is 2.84. The lowest BCUT2D eigenvalue weighted by Crippen LogP contribution is -2.32. The highest BCUT2D eigenvalue weighted by Gasteiger charge is 2.14. The third kappa shape index (κ3) is 1.93. The average Bonchev–Trinajstić information content (AvgIpc) is 2.71. The van der Waals surface area contributed by atoms with Crippen LogP contribution in [0.15, 0.2) is 12.3 Å². The van der Waals surface area contributed by atoms with Crippen LogP contribution >= 0.6 is 0 Å². The van der Waals surface area contributed by atoms with E-state index >= 15 is 0 Å². The van der Waals surface area contributed by atoms with Crippen LogP contribution in [0.2, 0.25) is 0 Å². The predicted octanol–water partition coefficient (Wildman–Crippen LogP) is 0.590. The molecule has 0 saturated carbocycles. The van der Waals surface area contributed by atoms with Crippen molar-refractivity contribution in [3.63, 3.8) is 0 Å². The fourth-order valence-corrected chi connectivity index (χ4v) is 1.39. The zero-order valence-corrected chi connectivity index (χ0v) is 8.23. The Labute approximate surface area is 83.1 Å². The molecule has 2 heterocycles. The van der Waals surface area contributed by atoms with Gasteiger partial charge in [0.1, 0.15) is 0 Å². The molecule has 0 aliphatic carbocycles. The number of ether oxygens (including phenoxy) is 1. The average molecular weight is 194 g/mol. The third-order valence-electron chi connectivity index (χ3n) is 2.01. The summed E-state index contributed by atoms with van der Waals surface area (Å²) < 4.78 is 5.30. The maximum atomic E-state index is 5.30. The standard InChI is InChI=1S/C9H14N4O/c1-2-14-8-4-6-10-9(12-8)13-7-3-5-11-13/h4,6,11H,2-3,5,7H2,1H3. The molecule has 0 aromatic carbocycles. The van der Waals surface area contributed by atoms with Gasteiger partial charge < -0.3 is 4.74 Å². The van der Waals surface area contributed by atoms with Crippen molar-refractivity contribution < 1.29 is 4.74 Å². The maximum absolute atomic E-state index is 5.30. The minimum atomic E-state index is 0.629. The molecule has 5 nitrogen and oxygen atoms in total. The molecular weight excluding hydrogens is 180 g/mol. The number of anilines is 1. The minimum absolute atomic E-state index is 0.629. The summed E-state index contributed by atoms with van der Waals surface area (Å²) in [5.41, 5.74) is 3.19. The molecule has 2 rings (SSSR count). The van der Waals surface area contributed by atoms with Gasteiger partial charge in [-0.3, -0.25) is 5.01 Å². The molecule has 0 atom stereocenters. The first-order valence-corrected chi connectivity index (χ1v) is 4.87. The van der Waals surface area contributed by atoms with Crippen LogP contribution in [-0.2, 0) is 0 Å². The summed E-state index contributed by atoms with van der Waals surface area (Å²) in [4.78, 5) is 8.45. The van der Waals surface area contributed by atoms with Crippen LogP contribution in [0.4, 0.5) is 5.95 Å². The van der Waals surface area contributed by atoms with Crippen molar-refractivity contribution in [2.75, 3.05) is 24.7 Å². The van der Waals surface area contributed by atoms with Crippen LogP contribution in [0.5, 0.6) is 5.88 Å².